The van der Waals surface area contributed by atoms with Gasteiger partial charge in [0.05, 0.1) is 0 Å². The molecule has 1 aliphatic carbocycles. The van der Waals surface area contributed by atoms with Gasteiger partial charge in [-0.15, -0.1) is 13.2 Å². The van der Waals surface area contributed by atoms with Gasteiger partial charge in [0, 0.05) is 0 Å². The molecule has 6 heteroatoms. The van der Waals surface area contributed by atoms with E-state index in [2.05, 4.69) is 23.8 Å². The number of unbranched alkanes of at least 4 members (excludes halogenated alkanes) is 1. The summed E-state index contributed by atoms with van der Waals surface area (Å²) in [7, 11) is 0. The molecule has 0 atom stereocenters. The zero-order valence-corrected chi connectivity index (χ0v) is 13.5. The van der Waals surface area contributed by atoms with Crippen LogP contribution in [0.5, 0.6) is 5.75 Å². The van der Waals surface area contributed by atoms with E-state index in [4.69, 9.17) is 0 Å². The highest BCUT2D eigenvalue weighted by atomic mass is 19.4. The first-order valence-electron chi connectivity index (χ1n) is 8.21. The Morgan fingerprint density at radius 2 is 1.67 bits per heavy atom. The SMILES string of the molecule is CCCC=CC1CCC(c2cc(F)c(OC(F)(F)F)c(F)c2)CC1. The van der Waals surface area contributed by atoms with Crippen LogP contribution in [-0.2, 0) is 0 Å². The fourth-order valence-corrected chi connectivity index (χ4v) is 3.13. The minimum atomic E-state index is -5.12. The van der Waals surface area contributed by atoms with Crippen LogP contribution < -0.4 is 4.74 Å². The summed E-state index contributed by atoms with van der Waals surface area (Å²) >= 11 is 0. The molecule has 134 valence electrons. The summed E-state index contributed by atoms with van der Waals surface area (Å²) < 4.78 is 67.5. The molecule has 2 rings (SSSR count). The van der Waals surface area contributed by atoms with Crippen LogP contribution >= 0.6 is 0 Å². The van der Waals surface area contributed by atoms with Gasteiger partial charge in [-0.3, -0.25) is 0 Å². The number of allylic oxidation sites excluding steroid dienone is 2. The molecule has 0 bridgehead atoms. The van der Waals surface area contributed by atoms with Gasteiger partial charge >= 0.3 is 6.36 Å². The summed E-state index contributed by atoms with van der Waals surface area (Å²) in [6.45, 7) is 2.11. The topological polar surface area (TPSA) is 9.23 Å². The second-order valence-electron chi connectivity index (χ2n) is 6.19. The van der Waals surface area contributed by atoms with Gasteiger partial charge in [0.1, 0.15) is 0 Å². The number of alkyl halides is 3. The van der Waals surface area contributed by atoms with Crippen LogP contribution in [-0.4, -0.2) is 6.36 Å². The van der Waals surface area contributed by atoms with Gasteiger partial charge in [0.2, 0.25) is 5.75 Å². The Kier molecular flexibility index (Phi) is 6.24. The predicted octanol–water partition coefficient (Wildman–Crippen LogP) is 6.49. The molecule has 0 heterocycles. The third-order valence-corrected chi connectivity index (χ3v) is 4.35. The van der Waals surface area contributed by atoms with Crippen molar-refractivity contribution < 1.29 is 26.7 Å². The van der Waals surface area contributed by atoms with Gasteiger partial charge in [0.25, 0.3) is 0 Å². The Morgan fingerprint density at radius 3 is 2.17 bits per heavy atom. The summed E-state index contributed by atoms with van der Waals surface area (Å²) in [5, 5.41) is 0. The number of hydrogen-bond acceptors (Lipinski definition) is 1. The third kappa shape index (κ3) is 5.21. The molecule has 24 heavy (non-hydrogen) atoms. The molecule has 0 aliphatic heterocycles. The first kappa shape index (κ1) is 18.7. The van der Waals surface area contributed by atoms with E-state index < -0.39 is 23.7 Å². The van der Waals surface area contributed by atoms with Crippen LogP contribution in [0, 0.1) is 17.6 Å². The van der Waals surface area contributed by atoms with Gasteiger partial charge in [0.15, 0.2) is 11.6 Å². The van der Waals surface area contributed by atoms with Crippen molar-refractivity contribution in [3.63, 3.8) is 0 Å². The van der Waals surface area contributed by atoms with Crippen LogP contribution in [0.4, 0.5) is 22.0 Å². The fraction of sp³-hybridized carbons (Fsp3) is 0.556. The van der Waals surface area contributed by atoms with Crippen molar-refractivity contribution in [1.29, 1.82) is 0 Å². The molecule has 0 amide bonds. The summed E-state index contributed by atoms with van der Waals surface area (Å²) in [6, 6.07) is 1.92. The van der Waals surface area contributed by atoms with E-state index >= 15 is 0 Å². The molecule has 1 aromatic rings. The molecule has 0 radical (unpaired) electrons. The van der Waals surface area contributed by atoms with Gasteiger partial charge in [-0.2, -0.15) is 0 Å². The highest BCUT2D eigenvalue weighted by molar-refractivity contribution is 5.33. The number of benzene rings is 1. The van der Waals surface area contributed by atoms with Gasteiger partial charge in [-0.25, -0.2) is 8.78 Å². The van der Waals surface area contributed by atoms with Crippen LogP contribution in [0.1, 0.15) is 56.9 Å². The second kappa shape index (κ2) is 7.99. The Hall–Kier alpha value is -1.59. The zero-order valence-electron chi connectivity index (χ0n) is 13.5. The van der Waals surface area contributed by atoms with Crippen LogP contribution in [0.25, 0.3) is 0 Å². The lowest BCUT2D eigenvalue weighted by molar-refractivity contribution is -0.276. The molecule has 0 spiro atoms. The molecule has 1 aliphatic rings. The minimum absolute atomic E-state index is 0.0373. The largest absolute Gasteiger partial charge is 0.573 e. The summed E-state index contributed by atoms with van der Waals surface area (Å²) in [4.78, 5) is 0. The normalized spacial score (nSPS) is 22.1. The first-order valence-corrected chi connectivity index (χ1v) is 8.21. The molecule has 1 nitrogen and oxygen atoms in total. The third-order valence-electron chi connectivity index (χ3n) is 4.35. The first-order chi connectivity index (χ1) is 11.3. The van der Waals surface area contributed by atoms with Gasteiger partial charge in [-0.05, 0) is 61.6 Å². The summed E-state index contributed by atoms with van der Waals surface area (Å²) in [5.74, 6) is -3.58. The van der Waals surface area contributed by atoms with E-state index in [0.29, 0.717) is 11.5 Å². The van der Waals surface area contributed by atoms with Crippen molar-refractivity contribution >= 4 is 0 Å². The molecular formula is C18H21F5O. The Morgan fingerprint density at radius 1 is 1.08 bits per heavy atom. The lowest BCUT2D eigenvalue weighted by Crippen LogP contribution is -2.19. The van der Waals surface area contributed by atoms with E-state index in [-0.39, 0.29) is 5.92 Å². The standard InChI is InChI=1S/C18H21F5O/c1-2-3-4-5-12-6-8-13(9-7-12)14-10-15(19)17(16(20)11-14)24-18(21,22)23/h4-5,10-13H,2-3,6-9H2,1H3. The quantitative estimate of drug-likeness (QED) is 0.436. The van der Waals surface area contributed by atoms with Crippen molar-refractivity contribution in [2.45, 2.75) is 57.7 Å². The van der Waals surface area contributed by atoms with Crippen LogP contribution in [0.15, 0.2) is 24.3 Å². The van der Waals surface area contributed by atoms with Crippen molar-refractivity contribution in [3.05, 3.63) is 41.5 Å². The van der Waals surface area contributed by atoms with Crippen molar-refractivity contribution in [2.24, 2.45) is 5.92 Å². The lowest BCUT2D eigenvalue weighted by atomic mass is 9.78. The smallest absolute Gasteiger partial charge is 0.399 e. The van der Waals surface area contributed by atoms with E-state index in [9.17, 15) is 22.0 Å². The highest BCUT2D eigenvalue weighted by Crippen LogP contribution is 2.39. The molecule has 0 unspecified atom stereocenters. The monoisotopic (exact) mass is 348 g/mol. The number of hydrogen-bond donors (Lipinski definition) is 0. The predicted molar refractivity (Wildman–Crippen MR) is 81.8 cm³/mol. The molecule has 0 saturated heterocycles. The molecule has 0 N–H and O–H groups in total. The van der Waals surface area contributed by atoms with Gasteiger partial charge < -0.3 is 4.74 Å². The van der Waals surface area contributed by atoms with Crippen molar-refractivity contribution in [3.8, 4) is 5.75 Å². The van der Waals surface area contributed by atoms with Gasteiger partial charge in [-0.1, -0.05) is 25.5 Å². The zero-order chi connectivity index (χ0) is 17.7. The number of rotatable bonds is 5. The van der Waals surface area contributed by atoms with Crippen LogP contribution in [0.2, 0.25) is 0 Å². The minimum Gasteiger partial charge on any atom is -0.399 e. The summed E-state index contributed by atoms with van der Waals surface area (Å²) in [5.41, 5.74) is 0.399. The fourth-order valence-electron chi connectivity index (χ4n) is 3.13. The molecule has 0 aromatic heterocycles. The maximum absolute atomic E-state index is 13.8. The Bertz CT molecular complexity index is 548. The van der Waals surface area contributed by atoms with E-state index in [1.165, 1.54) is 0 Å². The summed E-state index contributed by atoms with van der Waals surface area (Å²) in [6.07, 6.45) is 4.72. The highest BCUT2D eigenvalue weighted by Gasteiger charge is 2.34. The molecule has 1 aromatic carbocycles. The second-order valence-corrected chi connectivity index (χ2v) is 6.19. The molecular weight excluding hydrogens is 327 g/mol. The van der Waals surface area contributed by atoms with Crippen LogP contribution in [0.3, 0.4) is 0 Å². The van der Waals surface area contributed by atoms with E-state index in [0.717, 1.165) is 50.7 Å². The average molecular weight is 348 g/mol. The van der Waals surface area contributed by atoms with E-state index in [1.54, 1.807) is 0 Å². The maximum atomic E-state index is 13.8. The average Bonchev–Trinajstić information content (AvgIpc) is 2.51. The lowest BCUT2D eigenvalue weighted by Gasteiger charge is -2.27. The number of ether oxygens (including phenoxy) is 1. The maximum Gasteiger partial charge on any atom is 0.573 e. The molecule has 1 fully saturated rings. The van der Waals surface area contributed by atoms with Crippen molar-refractivity contribution in [1.82, 2.24) is 0 Å². The Labute approximate surface area is 138 Å². The Balaban J connectivity index is 2.04. The van der Waals surface area contributed by atoms with E-state index in [1.807, 2.05) is 0 Å². The molecule has 1 saturated carbocycles. The number of halogens is 5. The van der Waals surface area contributed by atoms with Crippen molar-refractivity contribution in [2.75, 3.05) is 0 Å².